The summed E-state index contributed by atoms with van der Waals surface area (Å²) in [5.41, 5.74) is 2.60. The van der Waals surface area contributed by atoms with Crippen molar-refractivity contribution in [2.24, 2.45) is 0 Å². The highest BCUT2D eigenvalue weighted by atomic mass is 31.2. The number of ether oxygens (including phenoxy) is 3. The zero-order chi connectivity index (χ0) is 42.3. The van der Waals surface area contributed by atoms with Gasteiger partial charge in [0.1, 0.15) is 42.0 Å². The van der Waals surface area contributed by atoms with Crippen LogP contribution in [0.3, 0.4) is 0 Å². The van der Waals surface area contributed by atoms with Gasteiger partial charge in [-0.25, -0.2) is 18.5 Å². The molecule has 1 aliphatic carbocycles. The molecule has 1 saturated heterocycles. The molecule has 0 spiro atoms. The van der Waals surface area contributed by atoms with Crippen molar-refractivity contribution in [1.29, 1.82) is 10.5 Å². The number of aliphatic hydroxyl groups is 2. The third kappa shape index (κ3) is 12.3. The van der Waals surface area contributed by atoms with Crippen LogP contribution in [0, 0.1) is 28.5 Å². The lowest BCUT2D eigenvalue weighted by Crippen LogP contribution is -2.47. The molecule has 7 atom stereocenters. The molecule has 5 rings (SSSR count). The van der Waals surface area contributed by atoms with E-state index in [9.17, 15) is 29.3 Å². The summed E-state index contributed by atoms with van der Waals surface area (Å²) in [5.74, 6) is -0.454. The summed E-state index contributed by atoms with van der Waals surface area (Å²) in [6.45, 7) is 2.58. The molecule has 0 radical (unpaired) electrons. The maximum Gasteiger partial charge on any atom is 0.473 e. The Morgan fingerprint density at radius 1 is 0.966 bits per heavy atom. The number of nitrogens with zero attached hydrogens (tertiary/aromatic N) is 5. The first-order chi connectivity index (χ1) is 28.5. The molecule has 2 aliphatic rings. The second-order valence-corrected chi connectivity index (χ2v) is 17.1. The predicted octanol–water partition coefficient (Wildman–Crippen LogP) is 7.30. The Morgan fingerprint density at radius 3 is 2.20 bits per heavy atom. The maximum atomic E-state index is 13.9. The molecular weight excluding hydrogens is 782 g/mol. The molecule has 3 aromatic rings. The number of benzene rings is 1. The van der Waals surface area contributed by atoms with E-state index in [-0.39, 0.29) is 43.3 Å². The van der Waals surface area contributed by atoms with Gasteiger partial charge in [-0.15, -0.1) is 0 Å². The Kier molecular flexibility index (Phi) is 17.6. The average molecular weight is 843 g/mol. The van der Waals surface area contributed by atoms with Crippen molar-refractivity contribution in [1.82, 2.24) is 14.6 Å². The van der Waals surface area contributed by atoms with Gasteiger partial charge in [0, 0.05) is 13.2 Å². The number of phosphoric acid groups is 1. The molecule has 324 valence electrons. The standard InChI is InChI=1S/C42H60FN6O9P/c1-2-3-4-5-6-7-8-9-10-11-12-13-14-15-16-17-21-54-28-34(20-22-55-27-32-23-31(26-44)24-33(43)25-32)57-59(52,53)58-38-37-42(38,51)40(50)41(29-45,56-37)36-19-18-35-39(46)47-30-48-49(35)36/h18-19,23-25,30,34,37-38,40,50-51H,2-17,20-22,27-28H2,1H3,(H,52,53)(H2,46,47,48)/t34-,37+,38?,40-,41-,42-/m0/s1. The fourth-order valence-corrected chi connectivity index (χ4v) is 8.96. The van der Waals surface area contributed by atoms with E-state index in [4.69, 9.17) is 34.3 Å². The highest BCUT2D eigenvalue weighted by molar-refractivity contribution is 7.47. The molecule has 0 amide bonds. The quantitative estimate of drug-likeness (QED) is 0.0397. The normalized spacial score (nSPS) is 23.7. The summed E-state index contributed by atoms with van der Waals surface area (Å²) in [6, 6.07) is 10.7. The number of phosphoric ester groups is 1. The third-order valence-electron chi connectivity index (χ3n) is 11.2. The Bertz CT molecular complexity index is 1920. The van der Waals surface area contributed by atoms with E-state index in [2.05, 4.69) is 17.0 Å². The number of aromatic nitrogens is 3. The van der Waals surface area contributed by atoms with E-state index < -0.39 is 49.3 Å². The number of fused-ring (bicyclic) bond motifs is 2. The molecule has 2 unspecified atom stereocenters. The van der Waals surface area contributed by atoms with Crippen LogP contribution in [-0.2, 0) is 40.0 Å². The largest absolute Gasteiger partial charge is 0.473 e. The number of nitriles is 2. The number of aliphatic hydroxyl groups excluding tert-OH is 1. The molecule has 3 heterocycles. The fourth-order valence-electron chi connectivity index (χ4n) is 7.80. The zero-order valence-corrected chi connectivity index (χ0v) is 34.9. The summed E-state index contributed by atoms with van der Waals surface area (Å²) in [4.78, 5) is 14.8. The van der Waals surface area contributed by atoms with E-state index >= 15 is 0 Å². The van der Waals surface area contributed by atoms with Crippen molar-refractivity contribution in [3.63, 3.8) is 0 Å². The topological polar surface area (TPSA) is 228 Å². The van der Waals surface area contributed by atoms with Crippen LogP contribution in [-0.4, -0.2) is 79.5 Å². The number of hydrogen-bond donors (Lipinski definition) is 4. The van der Waals surface area contributed by atoms with Crippen LogP contribution >= 0.6 is 7.82 Å². The van der Waals surface area contributed by atoms with E-state index in [1.54, 1.807) is 0 Å². The molecular formula is C42H60FN6O9P. The number of rotatable bonds is 29. The minimum Gasteiger partial charge on any atom is -0.385 e. The third-order valence-corrected chi connectivity index (χ3v) is 12.2. The minimum absolute atomic E-state index is 0.0191. The summed E-state index contributed by atoms with van der Waals surface area (Å²) in [5, 5.41) is 46.1. The van der Waals surface area contributed by atoms with Crippen molar-refractivity contribution in [3.8, 4) is 12.1 Å². The molecule has 17 heteroatoms. The summed E-state index contributed by atoms with van der Waals surface area (Å²) >= 11 is 0. The smallest absolute Gasteiger partial charge is 0.385 e. The van der Waals surface area contributed by atoms with Gasteiger partial charge in [0.25, 0.3) is 0 Å². The Hall–Kier alpha value is -3.54. The predicted molar refractivity (Wildman–Crippen MR) is 216 cm³/mol. The van der Waals surface area contributed by atoms with Crippen molar-refractivity contribution in [2.45, 2.75) is 158 Å². The highest BCUT2D eigenvalue weighted by Crippen LogP contribution is 2.63. The first-order valence-corrected chi connectivity index (χ1v) is 22.6. The second kappa shape index (κ2) is 22.3. The Morgan fingerprint density at radius 2 is 1.61 bits per heavy atom. The molecule has 0 bridgehead atoms. The number of halogens is 1. The maximum absolute atomic E-state index is 13.9. The van der Waals surface area contributed by atoms with Crippen LogP contribution in [0.15, 0.2) is 36.7 Å². The van der Waals surface area contributed by atoms with Crippen LogP contribution in [0.25, 0.3) is 5.52 Å². The SMILES string of the molecule is CCCCCCCCCCCCCCCCCCOC[C@H](CCOCc1cc(F)cc(C#N)c1)OP(=O)(O)OC1[C@H]2O[C@@](C#N)(c3ccc4c(N)ncnn34)[C@H](O)[C@@]12O. The summed E-state index contributed by atoms with van der Waals surface area (Å²) in [6.07, 6.45) is 15.4. The van der Waals surface area contributed by atoms with Crippen LogP contribution in [0.5, 0.6) is 0 Å². The monoisotopic (exact) mass is 842 g/mol. The van der Waals surface area contributed by atoms with Crippen molar-refractivity contribution in [3.05, 3.63) is 59.3 Å². The zero-order valence-electron chi connectivity index (χ0n) is 34.1. The van der Waals surface area contributed by atoms with Crippen molar-refractivity contribution >= 4 is 19.2 Å². The van der Waals surface area contributed by atoms with Gasteiger partial charge >= 0.3 is 7.82 Å². The average Bonchev–Trinajstić information content (AvgIpc) is 3.44. The van der Waals surface area contributed by atoms with Crippen LogP contribution < -0.4 is 5.73 Å². The lowest BCUT2D eigenvalue weighted by molar-refractivity contribution is -0.107. The van der Waals surface area contributed by atoms with Gasteiger partial charge in [0.2, 0.25) is 5.60 Å². The van der Waals surface area contributed by atoms with Crippen molar-refractivity contribution in [2.75, 3.05) is 25.6 Å². The summed E-state index contributed by atoms with van der Waals surface area (Å²) < 4.78 is 56.9. The molecule has 1 saturated carbocycles. The number of unbranched alkanes of at least 4 members (excludes halogenated alkanes) is 15. The molecule has 2 aromatic heterocycles. The lowest BCUT2D eigenvalue weighted by atomic mass is 9.90. The Balaban J connectivity index is 1.06. The van der Waals surface area contributed by atoms with Gasteiger partial charge in [-0.1, -0.05) is 103 Å². The van der Waals surface area contributed by atoms with Crippen LogP contribution in [0.1, 0.15) is 133 Å². The van der Waals surface area contributed by atoms with Gasteiger partial charge in [0.15, 0.2) is 11.4 Å². The number of hydrogen-bond acceptors (Lipinski definition) is 13. The fraction of sp³-hybridized carbons (Fsp3) is 0.667. The lowest BCUT2D eigenvalue weighted by Gasteiger charge is -2.30. The van der Waals surface area contributed by atoms with E-state index in [0.29, 0.717) is 17.7 Å². The van der Waals surface area contributed by atoms with Gasteiger partial charge < -0.3 is 35.1 Å². The highest BCUT2D eigenvalue weighted by Gasteiger charge is 2.83. The molecule has 15 nitrogen and oxygen atoms in total. The Labute approximate surface area is 346 Å². The van der Waals surface area contributed by atoms with E-state index in [0.717, 1.165) is 31.7 Å². The number of nitrogen functional groups attached to an aromatic ring is 1. The first kappa shape index (κ1) is 46.5. The van der Waals surface area contributed by atoms with Gasteiger partial charge in [-0.3, -0.25) is 9.05 Å². The molecule has 5 N–H and O–H groups in total. The van der Waals surface area contributed by atoms with Gasteiger partial charge in [-0.05, 0) is 48.7 Å². The van der Waals surface area contributed by atoms with Gasteiger partial charge in [0.05, 0.1) is 36.6 Å². The van der Waals surface area contributed by atoms with E-state index in [1.165, 1.54) is 112 Å². The molecule has 1 aliphatic heterocycles. The summed E-state index contributed by atoms with van der Waals surface area (Å²) in [7, 11) is -4.94. The van der Waals surface area contributed by atoms with Gasteiger partial charge in [-0.2, -0.15) is 15.6 Å². The van der Waals surface area contributed by atoms with E-state index in [1.807, 2.05) is 12.1 Å². The van der Waals surface area contributed by atoms with Crippen LogP contribution in [0.4, 0.5) is 10.2 Å². The number of nitrogens with two attached hydrogens (primary N) is 1. The molecule has 1 aromatic carbocycles. The second-order valence-electron chi connectivity index (χ2n) is 15.7. The van der Waals surface area contributed by atoms with Crippen LogP contribution in [0.2, 0.25) is 0 Å². The van der Waals surface area contributed by atoms with Crippen molar-refractivity contribution < 1.29 is 47.3 Å². The molecule has 2 fully saturated rings. The number of anilines is 1. The first-order valence-electron chi connectivity index (χ1n) is 21.1. The minimum atomic E-state index is -4.94. The molecule has 59 heavy (non-hydrogen) atoms.